The fourth-order valence-corrected chi connectivity index (χ4v) is 2.15. The van der Waals surface area contributed by atoms with Crippen molar-refractivity contribution in [3.8, 4) is 0 Å². The highest BCUT2D eigenvalue weighted by atomic mass is 16.5. The minimum atomic E-state index is -0.278. The Kier molecular flexibility index (Phi) is 7.06. The lowest BCUT2D eigenvalue weighted by Crippen LogP contribution is -2.31. The van der Waals surface area contributed by atoms with Gasteiger partial charge in [-0.1, -0.05) is 12.1 Å². The van der Waals surface area contributed by atoms with E-state index in [0.717, 1.165) is 5.56 Å². The van der Waals surface area contributed by atoms with Gasteiger partial charge in [0.05, 0.1) is 12.5 Å². The molecule has 25 heavy (non-hydrogen) atoms. The summed E-state index contributed by atoms with van der Waals surface area (Å²) in [6.45, 7) is 0.678. The number of methoxy groups -OCH3 is 1. The summed E-state index contributed by atoms with van der Waals surface area (Å²) in [7, 11) is 1.53. The van der Waals surface area contributed by atoms with E-state index < -0.39 is 0 Å². The Morgan fingerprint density at radius 1 is 1.16 bits per heavy atom. The van der Waals surface area contributed by atoms with E-state index in [-0.39, 0.29) is 24.3 Å². The average molecular weight is 342 g/mol. The summed E-state index contributed by atoms with van der Waals surface area (Å²) in [5, 5.41) is 5.59. The van der Waals surface area contributed by atoms with Gasteiger partial charge in [0, 0.05) is 43.8 Å². The SMILES string of the molecule is COC(CN)CC(=O)NCc1ccc(C(=O)Nc2ccncc2)cc1. The van der Waals surface area contributed by atoms with Gasteiger partial charge in [-0.25, -0.2) is 0 Å². The van der Waals surface area contributed by atoms with Gasteiger partial charge in [0.25, 0.3) is 5.91 Å². The number of amides is 2. The first kappa shape index (κ1) is 18.6. The molecule has 1 atom stereocenters. The van der Waals surface area contributed by atoms with Gasteiger partial charge in [-0.05, 0) is 29.8 Å². The molecule has 132 valence electrons. The molecule has 0 bridgehead atoms. The fourth-order valence-electron chi connectivity index (χ4n) is 2.15. The second kappa shape index (κ2) is 9.51. The molecule has 0 aliphatic heterocycles. The molecular weight excluding hydrogens is 320 g/mol. The van der Waals surface area contributed by atoms with Crippen LogP contribution in [0.5, 0.6) is 0 Å². The molecule has 2 rings (SSSR count). The summed E-state index contributed by atoms with van der Waals surface area (Å²) in [4.78, 5) is 27.9. The van der Waals surface area contributed by atoms with Crippen molar-refractivity contribution in [2.24, 2.45) is 5.73 Å². The predicted molar refractivity (Wildman–Crippen MR) is 94.9 cm³/mol. The van der Waals surface area contributed by atoms with Crippen LogP contribution in [0.1, 0.15) is 22.3 Å². The zero-order valence-electron chi connectivity index (χ0n) is 14.1. The molecule has 1 aromatic heterocycles. The van der Waals surface area contributed by atoms with Gasteiger partial charge in [0.15, 0.2) is 0 Å². The van der Waals surface area contributed by atoms with E-state index in [4.69, 9.17) is 10.5 Å². The van der Waals surface area contributed by atoms with Crippen molar-refractivity contribution in [2.75, 3.05) is 19.0 Å². The van der Waals surface area contributed by atoms with Crippen molar-refractivity contribution >= 4 is 17.5 Å². The molecular formula is C18H22N4O3. The second-order valence-electron chi connectivity index (χ2n) is 5.46. The van der Waals surface area contributed by atoms with E-state index >= 15 is 0 Å². The molecule has 1 unspecified atom stereocenters. The van der Waals surface area contributed by atoms with Crippen molar-refractivity contribution in [2.45, 2.75) is 19.1 Å². The maximum absolute atomic E-state index is 12.2. The van der Waals surface area contributed by atoms with E-state index in [1.807, 2.05) is 0 Å². The van der Waals surface area contributed by atoms with Crippen LogP contribution in [-0.2, 0) is 16.1 Å². The van der Waals surface area contributed by atoms with Crippen molar-refractivity contribution in [3.05, 3.63) is 59.9 Å². The molecule has 0 spiro atoms. The number of aromatic nitrogens is 1. The highest BCUT2D eigenvalue weighted by Crippen LogP contribution is 2.09. The van der Waals surface area contributed by atoms with Gasteiger partial charge in [-0.15, -0.1) is 0 Å². The summed E-state index contributed by atoms with van der Waals surface area (Å²) in [5.41, 5.74) is 7.61. The maximum Gasteiger partial charge on any atom is 0.255 e. The number of anilines is 1. The molecule has 1 aromatic carbocycles. The molecule has 0 aliphatic carbocycles. The number of carbonyl (C=O) groups is 2. The molecule has 0 saturated carbocycles. The third kappa shape index (κ3) is 5.98. The molecule has 0 fully saturated rings. The minimum Gasteiger partial charge on any atom is -0.380 e. The Balaban J connectivity index is 1.85. The number of nitrogens with one attached hydrogen (secondary N) is 2. The smallest absolute Gasteiger partial charge is 0.255 e. The third-order valence-electron chi connectivity index (χ3n) is 3.65. The van der Waals surface area contributed by atoms with Crippen LogP contribution in [-0.4, -0.2) is 36.6 Å². The van der Waals surface area contributed by atoms with Crippen LogP contribution in [0.15, 0.2) is 48.8 Å². The van der Waals surface area contributed by atoms with Crippen molar-refractivity contribution in [1.82, 2.24) is 10.3 Å². The van der Waals surface area contributed by atoms with Crippen LogP contribution in [0.25, 0.3) is 0 Å². The van der Waals surface area contributed by atoms with Crippen LogP contribution in [0.2, 0.25) is 0 Å². The van der Waals surface area contributed by atoms with E-state index in [1.54, 1.807) is 48.8 Å². The van der Waals surface area contributed by atoms with Crippen molar-refractivity contribution < 1.29 is 14.3 Å². The predicted octanol–water partition coefficient (Wildman–Crippen LogP) is 1.31. The Hall–Kier alpha value is -2.77. The molecule has 2 amide bonds. The summed E-state index contributed by atoms with van der Waals surface area (Å²) >= 11 is 0. The van der Waals surface area contributed by atoms with Gasteiger partial charge in [-0.2, -0.15) is 0 Å². The molecule has 2 aromatic rings. The number of hydrogen-bond donors (Lipinski definition) is 3. The Morgan fingerprint density at radius 3 is 2.44 bits per heavy atom. The minimum absolute atomic E-state index is 0.128. The van der Waals surface area contributed by atoms with E-state index in [1.165, 1.54) is 7.11 Å². The number of benzene rings is 1. The summed E-state index contributed by atoms with van der Waals surface area (Å²) < 4.78 is 5.08. The Bertz CT molecular complexity index is 685. The van der Waals surface area contributed by atoms with Crippen LogP contribution in [0, 0.1) is 0 Å². The Labute approximate surface area is 146 Å². The van der Waals surface area contributed by atoms with Crippen LogP contribution >= 0.6 is 0 Å². The summed E-state index contributed by atoms with van der Waals surface area (Å²) in [5.74, 6) is -0.329. The quantitative estimate of drug-likeness (QED) is 0.671. The van der Waals surface area contributed by atoms with Crippen molar-refractivity contribution in [3.63, 3.8) is 0 Å². The van der Waals surface area contributed by atoms with Gasteiger partial charge in [-0.3, -0.25) is 14.6 Å². The molecule has 7 heteroatoms. The highest BCUT2D eigenvalue weighted by molar-refractivity contribution is 6.04. The van der Waals surface area contributed by atoms with E-state index in [9.17, 15) is 9.59 Å². The van der Waals surface area contributed by atoms with Gasteiger partial charge >= 0.3 is 0 Å². The number of pyridine rings is 1. The standard InChI is InChI=1S/C18H22N4O3/c1-25-16(11-19)10-17(23)21-12-13-2-4-14(5-3-13)18(24)22-15-6-8-20-9-7-15/h2-9,16H,10-12,19H2,1H3,(H,21,23)(H,20,22,24). The highest BCUT2D eigenvalue weighted by Gasteiger charge is 2.11. The van der Waals surface area contributed by atoms with Crippen molar-refractivity contribution in [1.29, 1.82) is 0 Å². The monoisotopic (exact) mass is 342 g/mol. The number of rotatable bonds is 8. The number of ether oxygens (including phenoxy) is 1. The Morgan fingerprint density at radius 2 is 1.84 bits per heavy atom. The first-order valence-corrected chi connectivity index (χ1v) is 7.92. The molecule has 0 aliphatic rings. The van der Waals surface area contributed by atoms with E-state index in [0.29, 0.717) is 24.3 Å². The molecule has 7 nitrogen and oxygen atoms in total. The number of nitrogens with zero attached hydrogens (tertiary/aromatic N) is 1. The molecule has 1 heterocycles. The molecule has 0 saturated heterocycles. The van der Waals surface area contributed by atoms with Gasteiger partial charge in [0.1, 0.15) is 0 Å². The van der Waals surface area contributed by atoms with Gasteiger partial charge in [0.2, 0.25) is 5.91 Å². The number of hydrogen-bond acceptors (Lipinski definition) is 5. The van der Waals surface area contributed by atoms with Gasteiger partial charge < -0.3 is 21.1 Å². The fraction of sp³-hybridized carbons (Fsp3) is 0.278. The lowest BCUT2D eigenvalue weighted by atomic mass is 10.1. The average Bonchev–Trinajstić information content (AvgIpc) is 2.65. The largest absolute Gasteiger partial charge is 0.380 e. The lowest BCUT2D eigenvalue weighted by molar-refractivity contribution is -0.123. The summed E-state index contributed by atoms with van der Waals surface area (Å²) in [6.07, 6.45) is 3.17. The molecule has 0 radical (unpaired) electrons. The molecule has 4 N–H and O–H groups in total. The van der Waals surface area contributed by atoms with Crippen LogP contribution in [0.3, 0.4) is 0 Å². The third-order valence-corrected chi connectivity index (χ3v) is 3.65. The zero-order chi connectivity index (χ0) is 18.1. The van der Waals surface area contributed by atoms with Crippen LogP contribution in [0.4, 0.5) is 5.69 Å². The number of nitrogens with two attached hydrogens (primary N) is 1. The second-order valence-corrected chi connectivity index (χ2v) is 5.46. The van der Waals surface area contributed by atoms with E-state index in [2.05, 4.69) is 15.6 Å². The zero-order valence-corrected chi connectivity index (χ0v) is 14.1. The maximum atomic E-state index is 12.2. The normalized spacial score (nSPS) is 11.6. The lowest BCUT2D eigenvalue weighted by Gasteiger charge is -2.12. The first-order chi connectivity index (χ1) is 12.1. The van der Waals surface area contributed by atoms with Crippen LogP contribution < -0.4 is 16.4 Å². The first-order valence-electron chi connectivity index (χ1n) is 7.92. The topological polar surface area (TPSA) is 106 Å². The summed E-state index contributed by atoms with van der Waals surface area (Å²) in [6, 6.07) is 10.5. The number of carbonyl (C=O) groups excluding carboxylic acids is 2.